The first-order valence-corrected chi connectivity index (χ1v) is 6.08. The van der Waals surface area contributed by atoms with Crippen molar-refractivity contribution in [3.05, 3.63) is 11.6 Å². The van der Waals surface area contributed by atoms with Crippen molar-refractivity contribution < 1.29 is 4.79 Å². The minimum absolute atomic E-state index is 0.0437. The predicted octanol–water partition coefficient (Wildman–Crippen LogP) is 0.0110. The Hall–Kier alpha value is -1.43. The molecule has 2 N–H and O–H groups in total. The Kier molecular flexibility index (Phi) is 3.73. The summed E-state index contributed by atoms with van der Waals surface area (Å²) in [6.45, 7) is 3.61. The lowest BCUT2D eigenvalue weighted by Crippen LogP contribution is -2.30. The maximum atomic E-state index is 11.6. The number of amides is 1. The van der Waals surface area contributed by atoms with Crippen LogP contribution < -0.4 is 10.6 Å². The number of aryl methyl sites for hydroxylation is 1. The topological polar surface area (TPSA) is 71.8 Å². The van der Waals surface area contributed by atoms with Gasteiger partial charge in [0.15, 0.2) is 5.82 Å². The summed E-state index contributed by atoms with van der Waals surface area (Å²) in [4.78, 5) is 11.6. The van der Waals surface area contributed by atoms with Crippen molar-refractivity contribution >= 4 is 5.91 Å². The molecule has 1 aliphatic rings. The third kappa shape index (κ3) is 2.63. The molecule has 0 bridgehead atoms. The molecule has 0 saturated carbocycles. The quantitative estimate of drug-likeness (QED) is 0.757. The molecule has 1 aromatic heterocycles. The Bertz CT molecular complexity index is 401. The molecular weight excluding hydrogens is 218 g/mol. The van der Waals surface area contributed by atoms with Crippen LogP contribution in [0.15, 0.2) is 0 Å². The van der Waals surface area contributed by atoms with Crippen molar-refractivity contribution in [3.63, 3.8) is 0 Å². The van der Waals surface area contributed by atoms with Crippen molar-refractivity contribution in [2.24, 2.45) is 0 Å². The van der Waals surface area contributed by atoms with E-state index in [-0.39, 0.29) is 11.9 Å². The summed E-state index contributed by atoms with van der Waals surface area (Å²) in [7, 11) is 1.84. The molecule has 6 heteroatoms. The van der Waals surface area contributed by atoms with Gasteiger partial charge in [0.2, 0.25) is 5.91 Å². The second kappa shape index (κ2) is 5.27. The van der Waals surface area contributed by atoms with Crippen LogP contribution in [0, 0.1) is 0 Å². The molecule has 1 aromatic rings. The molecule has 2 heterocycles. The zero-order valence-electron chi connectivity index (χ0n) is 10.4. The fourth-order valence-electron chi connectivity index (χ4n) is 2.11. The van der Waals surface area contributed by atoms with Crippen molar-refractivity contribution in [1.29, 1.82) is 0 Å². The van der Waals surface area contributed by atoms with Crippen LogP contribution >= 0.6 is 0 Å². The van der Waals surface area contributed by atoms with Gasteiger partial charge in [-0.1, -0.05) is 0 Å². The van der Waals surface area contributed by atoms with Gasteiger partial charge in [-0.05, 0) is 20.4 Å². The molecule has 94 valence electrons. The summed E-state index contributed by atoms with van der Waals surface area (Å²) < 4.78 is 2.11. The fraction of sp³-hybridized carbons (Fsp3) is 0.727. The van der Waals surface area contributed by atoms with Crippen LogP contribution in [0.2, 0.25) is 0 Å². The van der Waals surface area contributed by atoms with E-state index in [9.17, 15) is 4.79 Å². The Morgan fingerprint density at radius 3 is 3.12 bits per heavy atom. The van der Waals surface area contributed by atoms with E-state index in [1.54, 1.807) is 0 Å². The number of nitrogens with zero attached hydrogens (tertiary/aromatic N) is 3. The molecule has 0 radical (unpaired) electrons. The zero-order valence-corrected chi connectivity index (χ0v) is 10.4. The van der Waals surface area contributed by atoms with Crippen molar-refractivity contribution in [2.45, 2.75) is 38.8 Å². The standard InChI is InChI=1S/C11H19N5O/c1-8(13-10(17)5-6-12-2)11-15-14-9-4-3-7-16(9)11/h8,12H,3-7H2,1-2H3,(H,13,17). The molecule has 1 atom stereocenters. The highest BCUT2D eigenvalue weighted by Gasteiger charge is 2.21. The summed E-state index contributed by atoms with van der Waals surface area (Å²) in [5, 5.41) is 14.2. The van der Waals surface area contributed by atoms with Crippen LogP contribution in [-0.4, -0.2) is 34.3 Å². The Balaban J connectivity index is 1.95. The minimum Gasteiger partial charge on any atom is -0.346 e. The number of carbonyl (C=O) groups is 1. The van der Waals surface area contributed by atoms with Gasteiger partial charge in [0.05, 0.1) is 6.04 Å². The van der Waals surface area contributed by atoms with Gasteiger partial charge in [-0.15, -0.1) is 10.2 Å². The van der Waals surface area contributed by atoms with Crippen LogP contribution in [0.1, 0.15) is 37.5 Å². The largest absolute Gasteiger partial charge is 0.346 e. The molecule has 0 spiro atoms. The Morgan fingerprint density at radius 1 is 1.53 bits per heavy atom. The number of hydrogen-bond donors (Lipinski definition) is 2. The summed E-state index contributed by atoms with van der Waals surface area (Å²) in [5.41, 5.74) is 0. The van der Waals surface area contributed by atoms with E-state index in [2.05, 4.69) is 25.4 Å². The molecule has 0 saturated heterocycles. The molecule has 6 nitrogen and oxygen atoms in total. The van der Waals surface area contributed by atoms with Gasteiger partial charge in [0, 0.05) is 25.9 Å². The van der Waals surface area contributed by atoms with E-state index in [4.69, 9.17) is 0 Å². The van der Waals surface area contributed by atoms with Crippen molar-refractivity contribution in [1.82, 2.24) is 25.4 Å². The highest BCUT2D eigenvalue weighted by Crippen LogP contribution is 2.18. The fourth-order valence-corrected chi connectivity index (χ4v) is 2.11. The minimum atomic E-state index is -0.0706. The first kappa shape index (κ1) is 12.0. The number of rotatable bonds is 5. The van der Waals surface area contributed by atoms with Crippen LogP contribution in [0.4, 0.5) is 0 Å². The Morgan fingerprint density at radius 2 is 2.35 bits per heavy atom. The first-order chi connectivity index (χ1) is 8.22. The number of fused-ring (bicyclic) bond motifs is 1. The lowest BCUT2D eigenvalue weighted by molar-refractivity contribution is -0.121. The van der Waals surface area contributed by atoms with Crippen molar-refractivity contribution in [2.75, 3.05) is 13.6 Å². The lowest BCUT2D eigenvalue weighted by atomic mass is 10.3. The molecule has 2 rings (SSSR count). The predicted molar refractivity (Wildman–Crippen MR) is 63.4 cm³/mol. The maximum absolute atomic E-state index is 11.6. The van der Waals surface area contributed by atoms with Gasteiger partial charge in [-0.25, -0.2) is 0 Å². The first-order valence-electron chi connectivity index (χ1n) is 6.08. The summed E-state index contributed by atoms with van der Waals surface area (Å²) in [5.74, 6) is 1.95. The van der Waals surface area contributed by atoms with Gasteiger partial charge < -0.3 is 15.2 Å². The van der Waals surface area contributed by atoms with Crippen LogP contribution in [0.25, 0.3) is 0 Å². The average molecular weight is 237 g/mol. The molecule has 17 heavy (non-hydrogen) atoms. The molecular formula is C11H19N5O. The highest BCUT2D eigenvalue weighted by molar-refractivity contribution is 5.76. The van der Waals surface area contributed by atoms with Crippen LogP contribution in [0.5, 0.6) is 0 Å². The van der Waals surface area contributed by atoms with Gasteiger partial charge in [-0.3, -0.25) is 4.79 Å². The third-order valence-corrected chi connectivity index (χ3v) is 3.00. The zero-order chi connectivity index (χ0) is 12.3. The number of hydrogen-bond acceptors (Lipinski definition) is 4. The van der Waals surface area contributed by atoms with Crippen LogP contribution in [-0.2, 0) is 17.8 Å². The lowest BCUT2D eigenvalue weighted by Gasteiger charge is -2.13. The van der Waals surface area contributed by atoms with Gasteiger partial charge >= 0.3 is 0 Å². The Labute approximate surface area is 101 Å². The summed E-state index contributed by atoms with van der Waals surface area (Å²) in [6.07, 6.45) is 2.60. The van der Waals surface area contributed by atoms with Gasteiger partial charge in [-0.2, -0.15) is 0 Å². The van der Waals surface area contributed by atoms with E-state index in [0.29, 0.717) is 13.0 Å². The summed E-state index contributed by atoms with van der Waals surface area (Å²) >= 11 is 0. The maximum Gasteiger partial charge on any atom is 0.221 e. The molecule has 0 aromatic carbocycles. The van der Waals surface area contributed by atoms with E-state index >= 15 is 0 Å². The van der Waals surface area contributed by atoms with E-state index in [0.717, 1.165) is 31.0 Å². The SMILES string of the molecule is CNCCC(=O)NC(C)c1nnc2n1CCC2. The second-order valence-corrected chi connectivity index (χ2v) is 4.37. The molecule has 1 amide bonds. The second-order valence-electron chi connectivity index (χ2n) is 4.37. The third-order valence-electron chi connectivity index (χ3n) is 3.00. The molecule has 0 aliphatic carbocycles. The van der Waals surface area contributed by atoms with Crippen molar-refractivity contribution in [3.8, 4) is 0 Å². The number of nitrogens with one attached hydrogen (secondary N) is 2. The number of carbonyl (C=O) groups excluding carboxylic acids is 1. The highest BCUT2D eigenvalue weighted by atomic mass is 16.1. The molecule has 0 fully saturated rings. The van der Waals surface area contributed by atoms with E-state index < -0.39 is 0 Å². The molecule has 1 unspecified atom stereocenters. The van der Waals surface area contributed by atoms with Gasteiger partial charge in [0.1, 0.15) is 5.82 Å². The average Bonchev–Trinajstić information content (AvgIpc) is 2.87. The summed E-state index contributed by atoms with van der Waals surface area (Å²) in [6, 6.07) is -0.0706. The monoisotopic (exact) mass is 237 g/mol. The van der Waals surface area contributed by atoms with E-state index in [1.807, 2.05) is 14.0 Å². The molecule has 1 aliphatic heterocycles. The normalized spacial score (nSPS) is 15.6. The van der Waals surface area contributed by atoms with E-state index in [1.165, 1.54) is 0 Å². The smallest absolute Gasteiger partial charge is 0.221 e. The van der Waals surface area contributed by atoms with Gasteiger partial charge in [0.25, 0.3) is 0 Å². The number of aromatic nitrogens is 3. The van der Waals surface area contributed by atoms with Crippen LogP contribution in [0.3, 0.4) is 0 Å².